The van der Waals surface area contributed by atoms with Crippen molar-refractivity contribution in [1.82, 2.24) is 0 Å². The summed E-state index contributed by atoms with van der Waals surface area (Å²) in [6, 6.07) is 4.86. The molecule has 0 aliphatic heterocycles. The number of aryl methyl sites for hydroxylation is 2. The van der Waals surface area contributed by atoms with E-state index in [-0.39, 0.29) is 29.2 Å². The molecule has 1 unspecified atom stereocenters. The standard InChI is InChI=1S/C19H20O8/c1-9-4-12(6-14(20)16(9)22)18(24)26-8-11(3)27-19(25)13-5-10(2)17(23)15(21)7-13/h4-7,11,20-23H,8H2,1-3H3. The molecule has 2 aromatic rings. The van der Waals surface area contributed by atoms with Gasteiger partial charge in [-0.15, -0.1) is 0 Å². The predicted molar refractivity (Wildman–Crippen MR) is 94.2 cm³/mol. The number of benzene rings is 2. The molecule has 8 heteroatoms. The Morgan fingerprint density at radius 1 is 0.852 bits per heavy atom. The highest BCUT2D eigenvalue weighted by Gasteiger charge is 2.18. The summed E-state index contributed by atoms with van der Waals surface area (Å²) in [6.07, 6.45) is -0.787. The molecule has 0 bridgehead atoms. The van der Waals surface area contributed by atoms with Gasteiger partial charge in [0.2, 0.25) is 0 Å². The minimum absolute atomic E-state index is 0.0417. The Kier molecular flexibility index (Phi) is 5.79. The van der Waals surface area contributed by atoms with E-state index in [9.17, 15) is 30.0 Å². The summed E-state index contributed by atoms with van der Waals surface area (Å²) in [6.45, 7) is 4.31. The fourth-order valence-electron chi connectivity index (χ4n) is 2.32. The Morgan fingerprint density at radius 2 is 1.30 bits per heavy atom. The van der Waals surface area contributed by atoms with Crippen molar-refractivity contribution in [3.63, 3.8) is 0 Å². The molecule has 2 aromatic carbocycles. The van der Waals surface area contributed by atoms with E-state index in [1.807, 2.05) is 0 Å². The topological polar surface area (TPSA) is 134 Å². The van der Waals surface area contributed by atoms with Gasteiger partial charge in [-0.25, -0.2) is 9.59 Å². The van der Waals surface area contributed by atoms with Gasteiger partial charge in [-0.2, -0.15) is 0 Å². The SMILES string of the molecule is Cc1cc(C(=O)OCC(C)OC(=O)c2cc(C)c(O)c(O)c2)cc(O)c1O. The van der Waals surface area contributed by atoms with Gasteiger partial charge in [-0.1, -0.05) is 0 Å². The molecular formula is C19H20O8. The number of hydrogen-bond donors (Lipinski definition) is 4. The molecule has 27 heavy (non-hydrogen) atoms. The van der Waals surface area contributed by atoms with Crippen LogP contribution in [0.1, 0.15) is 38.8 Å². The van der Waals surface area contributed by atoms with Gasteiger partial charge in [-0.05, 0) is 56.2 Å². The molecule has 144 valence electrons. The van der Waals surface area contributed by atoms with Crippen molar-refractivity contribution in [3.05, 3.63) is 46.5 Å². The minimum Gasteiger partial charge on any atom is -0.504 e. The maximum atomic E-state index is 12.1. The molecule has 0 spiro atoms. The molecule has 0 aromatic heterocycles. The molecule has 0 amide bonds. The van der Waals surface area contributed by atoms with E-state index in [2.05, 4.69) is 0 Å². The molecular weight excluding hydrogens is 356 g/mol. The van der Waals surface area contributed by atoms with Crippen molar-refractivity contribution in [1.29, 1.82) is 0 Å². The molecule has 1 atom stereocenters. The van der Waals surface area contributed by atoms with E-state index in [0.717, 1.165) is 12.1 Å². The average molecular weight is 376 g/mol. The van der Waals surface area contributed by atoms with Gasteiger partial charge >= 0.3 is 11.9 Å². The van der Waals surface area contributed by atoms with Gasteiger partial charge in [0.1, 0.15) is 12.7 Å². The molecule has 0 aliphatic carbocycles. The fraction of sp³-hybridized carbons (Fsp3) is 0.263. The summed E-state index contributed by atoms with van der Waals surface area (Å²) < 4.78 is 10.2. The number of rotatable bonds is 5. The summed E-state index contributed by atoms with van der Waals surface area (Å²) in [5, 5.41) is 38.1. The van der Waals surface area contributed by atoms with Gasteiger partial charge in [0, 0.05) is 0 Å². The maximum absolute atomic E-state index is 12.1. The first-order chi connectivity index (χ1) is 12.6. The van der Waals surface area contributed by atoms with Crippen LogP contribution in [-0.4, -0.2) is 45.1 Å². The lowest BCUT2D eigenvalue weighted by atomic mass is 10.1. The summed E-state index contributed by atoms with van der Waals surface area (Å²) in [4.78, 5) is 24.1. The van der Waals surface area contributed by atoms with E-state index >= 15 is 0 Å². The second-order valence-electron chi connectivity index (χ2n) is 6.14. The first-order valence-corrected chi connectivity index (χ1v) is 8.03. The zero-order valence-corrected chi connectivity index (χ0v) is 15.0. The fourth-order valence-corrected chi connectivity index (χ4v) is 2.32. The van der Waals surface area contributed by atoms with E-state index in [1.165, 1.54) is 32.9 Å². The second kappa shape index (κ2) is 7.86. The zero-order chi connectivity index (χ0) is 20.3. The quantitative estimate of drug-likeness (QED) is 0.462. The largest absolute Gasteiger partial charge is 0.504 e. The van der Waals surface area contributed by atoms with Gasteiger partial charge in [0.25, 0.3) is 0 Å². The van der Waals surface area contributed by atoms with Crippen LogP contribution in [0, 0.1) is 13.8 Å². The normalized spacial score (nSPS) is 11.7. The van der Waals surface area contributed by atoms with Crippen molar-refractivity contribution >= 4 is 11.9 Å². The summed E-state index contributed by atoms with van der Waals surface area (Å²) in [5.41, 5.74) is 0.702. The first kappa shape index (κ1) is 19.9. The third kappa shape index (κ3) is 4.60. The third-order valence-electron chi connectivity index (χ3n) is 3.79. The van der Waals surface area contributed by atoms with Gasteiger partial charge in [-0.3, -0.25) is 0 Å². The zero-order valence-electron chi connectivity index (χ0n) is 15.0. The number of phenols is 4. The molecule has 0 fully saturated rings. The lowest BCUT2D eigenvalue weighted by Gasteiger charge is -2.15. The lowest BCUT2D eigenvalue weighted by molar-refractivity contribution is 0.00443. The Bertz CT molecular complexity index is 841. The van der Waals surface area contributed by atoms with Gasteiger partial charge < -0.3 is 29.9 Å². The summed E-state index contributed by atoms with van der Waals surface area (Å²) >= 11 is 0. The second-order valence-corrected chi connectivity index (χ2v) is 6.14. The molecule has 0 aliphatic rings. The monoisotopic (exact) mass is 376 g/mol. The number of ether oxygens (including phenoxy) is 2. The highest BCUT2D eigenvalue weighted by molar-refractivity contribution is 5.91. The smallest absolute Gasteiger partial charge is 0.338 e. The highest BCUT2D eigenvalue weighted by Crippen LogP contribution is 2.31. The lowest BCUT2D eigenvalue weighted by Crippen LogP contribution is -2.22. The van der Waals surface area contributed by atoms with Crippen molar-refractivity contribution in [2.75, 3.05) is 6.61 Å². The molecule has 0 saturated carbocycles. The third-order valence-corrected chi connectivity index (χ3v) is 3.79. The van der Waals surface area contributed by atoms with Crippen LogP contribution in [0.5, 0.6) is 23.0 Å². The van der Waals surface area contributed by atoms with Crippen molar-refractivity contribution in [2.45, 2.75) is 26.9 Å². The summed E-state index contributed by atoms with van der Waals surface area (Å²) in [5.74, 6) is -3.03. The molecule has 2 rings (SSSR count). The van der Waals surface area contributed by atoms with E-state index in [0.29, 0.717) is 11.1 Å². The van der Waals surface area contributed by atoms with E-state index in [1.54, 1.807) is 0 Å². The van der Waals surface area contributed by atoms with Crippen LogP contribution in [0.25, 0.3) is 0 Å². The Balaban J connectivity index is 1.97. The molecule has 8 nitrogen and oxygen atoms in total. The minimum atomic E-state index is -0.787. The number of hydrogen-bond acceptors (Lipinski definition) is 8. The number of phenolic OH excluding ortho intramolecular Hbond substituents is 4. The molecule has 0 radical (unpaired) electrons. The number of carbonyl (C=O) groups excluding carboxylic acids is 2. The van der Waals surface area contributed by atoms with E-state index in [4.69, 9.17) is 9.47 Å². The van der Waals surface area contributed by atoms with Crippen LogP contribution >= 0.6 is 0 Å². The van der Waals surface area contributed by atoms with Crippen LogP contribution in [-0.2, 0) is 9.47 Å². The van der Waals surface area contributed by atoms with Crippen LogP contribution in [0.3, 0.4) is 0 Å². The van der Waals surface area contributed by atoms with Crippen LogP contribution in [0.4, 0.5) is 0 Å². The Morgan fingerprint density at radius 3 is 1.74 bits per heavy atom. The van der Waals surface area contributed by atoms with Crippen molar-refractivity contribution < 1.29 is 39.5 Å². The highest BCUT2D eigenvalue weighted by atomic mass is 16.6. The van der Waals surface area contributed by atoms with Crippen molar-refractivity contribution in [3.8, 4) is 23.0 Å². The Labute approximate surface area is 155 Å². The number of esters is 2. The number of carbonyl (C=O) groups is 2. The maximum Gasteiger partial charge on any atom is 0.338 e. The first-order valence-electron chi connectivity index (χ1n) is 8.03. The molecule has 4 N–H and O–H groups in total. The average Bonchev–Trinajstić information content (AvgIpc) is 2.61. The van der Waals surface area contributed by atoms with Gasteiger partial charge in [0.15, 0.2) is 23.0 Å². The van der Waals surface area contributed by atoms with Gasteiger partial charge in [0.05, 0.1) is 11.1 Å². The molecule has 0 saturated heterocycles. The Hall–Kier alpha value is -3.42. The van der Waals surface area contributed by atoms with Crippen LogP contribution in [0.15, 0.2) is 24.3 Å². The predicted octanol–water partition coefficient (Wildman–Crippen LogP) is 2.53. The molecule has 0 heterocycles. The van der Waals surface area contributed by atoms with E-state index < -0.39 is 29.5 Å². The number of aromatic hydroxyl groups is 4. The summed E-state index contributed by atoms with van der Waals surface area (Å²) in [7, 11) is 0. The van der Waals surface area contributed by atoms with Crippen molar-refractivity contribution in [2.24, 2.45) is 0 Å². The van der Waals surface area contributed by atoms with Crippen LogP contribution < -0.4 is 0 Å². The van der Waals surface area contributed by atoms with Crippen LogP contribution in [0.2, 0.25) is 0 Å².